The van der Waals surface area contributed by atoms with Crippen molar-refractivity contribution in [1.29, 1.82) is 0 Å². The van der Waals surface area contributed by atoms with Gasteiger partial charge < -0.3 is 10.5 Å². The third kappa shape index (κ3) is 3.89. The zero-order valence-electron chi connectivity index (χ0n) is 8.05. The summed E-state index contributed by atoms with van der Waals surface area (Å²) in [5.41, 5.74) is 6.59. The molecule has 15 heavy (non-hydrogen) atoms. The minimum atomic E-state index is -2.49. The summed E-state index contributed by atoms with van der Waals surface area (Å²) in [4.78, 5) is 0. The second-order valence-corrected chi connectivity index (χ2v) is 3.02. The first-order valence-electron chi connectivity index (χ1n) is 4.46. The van der Waals surface area contributed by atoms with Gasteiger partial charge in [-0.15, -0.1) is 0 Å². The monoisotopic (exact) mass is 219 g/mol. The third-order valence-electron chi connectivity index (χ3n) is 1.89. The number of nitrogens with two attached hydrogens (primary N) is 1. The molecule has 0 atom stereocenters. The third-order valence-corrected chi connectivity index (χ3v) is 1.89. The standard InChI is InChI=1S/C10H12F3NO/c11-9-2-1-7(8(3-9)4-14)5-15-6-10(12)13/h1-3,10H,4-6,14H2. The Morgan fingerprint density at radius 1 is 1.27 bits per heavy atom. The van der Waals surface area contributed by atoms with Crippen LogP contribution < -0.4 is 5.73 Å². The largest absolute Gasteiger partial charge is 0.371 e. The zero-order valence-corrected chi connectivity index (χ0v) is 8.05. The molecule has 0 aliphatic rings. The van der Waals surface area contributed by atoms with Crippen LogP contribution in [0.4, 0.5) is 13.2 Å². The first-order chi connectivity index (χ1) is 7.13. The van der Waals surface area contributed by atoms with Crippen molar-refractivity contribution in [3.05, 3.63) is 35.1 Å². The van der Waals surface area contributed by atoms with Gasteiger partial charge >= 0.3 is 0 Å². The SMILES string of the molecule is NCc1cc(F)ccc1COCC(F)F. The summed E-state index contributed by atoms with van der Waals surface area (Å²) >= 11 is 0. The molecular formula is C10H12F3NO. The molecule has 1 rings (SSSR count). The second-order valence-electron chi connectivity index (χ2n) is 3.02. The van der Waals surface area contributed by atoms with Crippen LogP contribution in [-0.2, 0) is 17.9 Å². The fourth-order valence-electron chi connectivity index (χ4n) is 1.18. The molecule has 1 aromatic carbocycles. The molecule has 0 amide bonds. The van der Waals surface area contributed by atoms with Crippen LogP contribution in [0.1, 0.15) is 11.1 Å². The number of hydrogen-bond acceptors (Lipinski definition) is 2. The summed E-state index contributed by atoms with van der Waals surface area (Å²) in [6, 6.07) is 4.02. The van der Waals surface area contributed by atoms with E-state index in [9.17, 15) is 13.2 Å². The summed E-state index contributed by atoms with van der Waals surface area (Å²) in [6.07, 6.45) is -2.49. The van der Waals surface area contributed by atoms with Crippen LogP contribution in [0.5, 0.6) is 0 Å². The zero-order chi connectivity index (χ0) is 11.3. The Bertz CT molecular complexity index is 318. The van der Waals surface area contributed by atoms with Gasteiger partial charge in [0.15, 0.2) is 0 Å². The number of ether oxygens (including phenoxy) is 1. The molecule has 0 unspecified atom stereocenters. The molecule has 0 aromatic heterocycles. The Morgan fingerprint density at radius 3 is 2.60 bits per heavy atom. The molecule has 5 heteroatoms. The van der Waals surface area contributed by atoms with Gasteiger partial charge in [0.05, 0.1) is 6.61 Å². The molecule has 2 N–H and O–H groups in total. The van der Waals surface area contributed by atoms with Gasteiger partial charge in [-0.25, -0.2) is 13.2 Å². The van der Waals surface area contributed by atoms with Crippen LogP contribution in [0.3, 0.4) is 0 Å². The molecule has 0 heterocycles. The Morgan fingerprint density at radius 2 is 2.00 bits per heavy atom. The molecule has 0 spiro atoms. The Kier molecular flexibility index (Phi) is 4.58. The molecule has 0 aliphatic heterocycles. The highest BCUT2D eigenvalue weighted by atomic mass is 19.3. The summed E-state index contributed by atoms with van der Waals surface area (Å²) < 4.78 is 41.1. The Hall–Kier alpha value is -1.07. The summed E-state index contributed by atoms with van der Waals surface area (Å²) in [6.45, 7) is -0.441. The van der Waals surface area contributed by atoms with E-state index in [1.54, 1.807) is 0 Å². The number of alkyl halides is 2. The Labute approximate surface area is 85.8 Å². The molecule has 0 aliphatic carbocycles. The van der Waals surface area contributed by atoms with E-state index in [0.717, 1.165) is 0 Å². The lowest BCUT2D eigenvalue weighted by Crippen LogP contribution is -2.07. The van der Waals surface area contributed by atoms with Crippen molar-refractivity contribution < 1.29 is 17.9 Å². The number of benzene rings is 1. The van der Waals surface area contributed by atoms with Gasteiger partial charge in [0.2, 0.25) is 0 Å². The fraction of sp³-hybridized carbons (Fsp3) is 0.400. The number of halogens is 3. The molecule has 0 fully saturated rings. The summed E-state index contributed by atoms with van der Waals surface area (Å²) in [7, 11) is 0. The van der Waals surface area contributed by atoms with E-state index >= 15 is 0 Å². The molecule has 0 saturated carbocycles. The lowest BCUT2D eigenvalue weighted by Gasteiger charge is -2.08. The van der Waals surface area contributed by atoms with Crippen LogP contribution in [0, 0.1) is 5.82 Å². The molecular weight excluding hydrogens is 207 g/mol. The number of rotatable bonds is 5. The van der Waals surface area contributed by atoms with Crippen molar-refractivity contribution in [1.82, 2.24) is 0 Å². The van der Waals surface area contributed by atoms with Gasteiger partial charge in [-0.3, -0.25) is 0 Å². The first kappa shape index (κ1) is 12.0. The van der Waals surface area contributed by atoms with Gasteiger partial charge in [-0.05, 0) is 23.3 Å². The van der Waals surface area contributed by atoms with Crippen molar-refractivity contribution in [3.8, 4) is 0 Å². The van der Waals surface area contributed by atoms with Crippen LogP contribution in [0.15, 0.2) is 18.2 Å². The second kappa shape index (κ2) is 5.72. The highest BCUT2D eigenvalue weighted by Gasteiger charge is 2.05. The predicted molar refractivity (Wildman–Crippen MR) is 50.0 cm³/mol. The molecule has 0 saturated heterocycles. The van der Waals surface area contributed by atoms with Gasteiger partial charge in [-0.2, -0.15) is 0 Å². The number of hydrogen-bond donors (Lipinski definition) is 1. The van der Waals surface area contributed by atoms with E-state index in [4.69, 9.17) is 10.5 Å². The van der Waals surface area contributed by atoms with Crippen molar-refractivity contribution >= 4 is 0 Å². The van der Waals surface area contributed by atoms with E-state index in [0.29, 0.717) is 11.1 Å². The van der Waals surface area contributed by atoms with Crippen LogP contribution in [0.2, 0.25) is 0 Å². The predicted octanol–water partition coefficient (Wildman–Crippen LogP) is 2.07. The van der Waals surface area contributed by atoms with Crippen LogP contribution in [0.25, 0.3) is 0 Å². The summed E-state index contributed by atoms with van der Waals surface area (Å²) in [5.74, 6) is -0.395. The first-order valence-corrected chi connectivity index (χ1v) is 4.46. The average Bonchev–Trinajstić information content (AvgIpc) is 2.19. The lowest BCUT2D eigenvalue weighted by atomic mass is 10.1. The lowest BCUT2D eigenvalue weighted by molar-refractivity contribution is 0.00965. The van der Waals surface area contributed by atoms with Crippen LogP contribution >= 0.6 is 0 Å². The normalized spacial score (nSPS) is 11.0. The van der Waals surface area contributed by atoms with Crippen LogP contribution in [-0.4, -0.2) is 13.0 Å². The van der Waals surface area contributed by atoms with Gasteiger partial charge in [0.1, 0.15) is 12.4 Å². The molecule has 84 valence electrons. The minimum absolute atomic E-state index is 0.0250. The molecule has 0 radical (unpaired) electrons. The van der Waals surface area contributed by atoms with Gasteiger partial charge in [-0.1, -0.05) is 6.07 Å². The van der Waals surface area contributed by atoms with Gasteiger partial charge in [0.25, 0.3) is 6.43 Å². The van der Waals surface area contributed by atoms with Crippen molar-refractivity contribution in [2.24, 2.45) is 5.73 Å². The average molecular weight is 219 g/mol. The van der Waals surface area contributed by atoms with E-state index in [-0.39, 0.29) is 13.2 Å². The Balaban J connectivity index is 2.60. The maximum atomic E-state index is 12.8. The summed E-state index contributed by atoms with van der Waals surface area (Å²) in [5, 5.41) is 0. The quantitative estimate of drug-likeness (QED) is 0.822. The maximum absolute atomic E-state index is 12.8. The molecule has 2 nitrogen and oxygen atoms in total. The maximum Gasteiger partial charge on any atom is 0.261 e. The van der Waals surface area contributed by atoms with E-state index in [1.807, 2.05) is 0 Å². The molecule has 1 aromatic rings. The van der Waals surface area contributed by atoms with E-state index < -0.39 is 18.8 Å². The van der Waals surface area contributed by atoms with Crippen molar-refractivity contribution in [3.63, 3.8) is 0 Å². The van der Waals surface area contributed by atoms with Gasteiger partial charge in [0, 0.05) is 6.54 Å². The van der Waals surface area contributed by atoms with Crippen molar-refractivity contribution in [2.45, 2.75) is 19.6 Å². The fourth-order valence-corrected chi connectivity index (χ4v) is 1.18. The topological polar surface area (TPSA) is 35.2 Å². The van der Waals surface area contributed by atoms with E-state index in [1.165, 1.54) is 18.2 Å². The highest BCUT2D eigenvalue weighted by molar-refractivity contribution is 5.27. The molecule has 0 bridgehead atoms. The van der Waals surface area contributed by atoms with E-state index in [2.05, 4.69) is 0 Å². The van der Waals surface area contributed by atoms with Crippen molar-refractivity contribution in [2.75, 3.05) is 6.61 Å². The minimum Gasteiger partial charge on any atom is -0.371 e. The smallest absolute Gasteiger partial charge is 0.261 e. The highest BCUT2D eigenvalue weighted by Crippen LogP contribution is 2.12.